The summed E-state index contributed by atoms with van der Waals surface area (Å²) in [5, 5.41) is 35.6. The van der Waals surface area contributed by atoms with Crippen molar-refractivity contribution in [3.05, 3.63) is 35.4 Å². The number of aryl methyl sites for hydroxylation is 1. The van der Waals surface area contributed by atoms with Gasteiger partial charge in [0, 0.05) is 35.3 Å². The second kappa shape index (κ2) is 8.28. The minimum Gasteiger partial charge on any atom is -0.507 e. The molecule has 2 aliphatic rings. The molecule has 1 aliphatic heterocycles. The monoisotopic (exact) mass is 445 g/mol. The number of halogens is 1. The Hall–Kier alpha value is -2.38. The van der Waals surface area contributed by atoms with Gasteiger partial charge in [0.25, 0.3) is 0 Å². The average Bonchev–Trinajstić information content (AvgIpc) is 3.06. The van der Waals surface area contributed by atoms with Crippen molar-refractivity contribution < 1.29 is 10.3 Å². The van der Waals surface area contributed by atoms with Crippen LogP contribution in [0.2, 0.25) is 0 Å². The number of hydrogen-bond acceptors (Lipinski definition) is 7. The highest BCUT2D eigenvalue weighted by atomic mass is 35.5. The lowest BCUT2D eigenvalue weighted by Crippen LogP contribution is -2.62. The standard InChI is InChI=1S/C23H31N5O2.ClH/c1-22(2)12-15(13-23(3,4)27-22)28(5)21-9-8-18(24-25-21)17-10-14-6-7-19(26-30)16(14)11-20(17)29;/h8-11,15,27,29-30H,6-7,12-13H2,1-5H3;1H/b26-19+;. The third kappa shape index (κ3) is 4.62. The first-order valence-electron chi connectivity index (χ1n) is 10.5. The van der Waals surface area contributed by atoms with Crippen molar-refractivity contribution in [2.75, 3.05) is 11.9 Å². The van der Waals surface area contributed by atoms with E-state index in [0.717, 1.165) is 36.2 Å². The van der Waals surface area contributed by atoms with Gasteiger partial charge in [-0.25, -0.2) is 0 Å². The summed E-state index contributed by atoms with van der Waals surface area (Å²) in [6.07, 6.45) is 3.51. The molecule has 0 saturated carbocycles. The summed E-state index contributed by atoms with van der Waals surface area (Å²) in [6, 6.07) is 7.83. The summed E-state index contributed by atoms with van der Waals surface area (Å²) in [6.45, 7) is 8.97. The van der Waals surface area contributed by atoms with Gasteiger partial charge in [-0.2, -0.15) is 0 Å². The Morgan fingerprint density at radius 1 is 1.03 bits per heavy atom. The lowest BCUT2D eigenvalue weighted by Gasteiger charge is -2.49. The Kier molecular flexibility index (Phi) is 6.22. The van der Waals surface area contributed by atoms with Gasteiger partial charge in [0.1, 0.15) is 5.75 Å². The van der Waals surface area contributed by atoms with Crippen LogP contribution in [0.3, 0.4) is 0 Å². The van der Waals surface area contributed by atoms with Gasteiger partial charge in [-0.1, -0.05) is 5.16 Å². The molecule has 1 fully saturated rings. The summed E-state index contributed by atoms with van der Waals surface area (Å²) < 4.78 is 0. The molecule has 0 unspecified atom stereocenters. The minimum atomic E-state index is 0. The Morgan fingerprint density at radius 2 is 1.71 bits per heavy atom. The number of benzene rings is 1. The zero-order valence-electron chi connectivity index (χ0n) is 18.8. The molecule has 168 valence electrons. The third-order valence-electron chi connectivity index (χ3n) is 6.29. The number of hydrogen-bond donors (Lipinski definition) is 3. The lowest BCUT2D eigenvalue weighted by atomic mass is 9.79. The number of phenols is 1. The molecule has 1 saturated heterocycles. The smallest absolute Gasteiger partial charge is 0.151 e. The molecule has 1 aromatic carbocycles. The number of phenolic OH excluding ortho intramolecular Hbond substituents is 1. The second-order valence-corrected chi connectivity index (χ2v) is 9.92. The molecular formula is C23H32ClN5O2. The zero-order valence-corrected chi connectivity index (χ0v) is 19.6. The van der Waals surface area contributed by atoms with E-state index in [2.05, 4.69) is 60.3 Å². The molecule has 0 atom stereocenters. The maximum atomic E-state index is 10.5. The molecular weight excluding hydrogens is 414 g/mol. The highest BCUT2D eigenvalue weighted by Crippen LogP contribution is 2.36. The van der Waals surface area contributed by atoms with Crippen molar-refractivity contribution in [1.29, 1.82) is 0 Å². The van der Waals surface area contributed by atoms with Gasteiger partial charge < -0.3 is 20.5 Å². The summed E-state index contributed by atoms with van der Waals surface area (Å²) in [7, 11) is 2.08. The van der Waals surface area contributed by atoms with E-state index in [1.807, 2.05) is 18.2 Å². The second-order valence-electron chi connectivity index (χ2n) is 9.92. The maximum absolute atomic E-state index is 10.5. The van der Waals surface area contributed by atoms with Crippen molar-refractivity contribution in [2.24, 2.45) is 5.16 Å². The molecule has 3 N–H and O–H groups in total. The van der Waals surface area contributed by atoms with Crippen molar-refractivity contribution in [3.63, 3.8) is 0 Å². The normalized spacial score (nSPS) is 20.9. The summed E-state index contributed by atoms with van der Waals surface area (Å²) in [5.41, 5.74) is 3.87. The van der Waals surface area contributed by atoms with Crippen LogP contribution in [0.5, 0.6) is 5.75 Å². The van der Waals surface area contributed by atoms with Crippen LogP contribution in [0.25, 0.3) is 11.3 Å². The molecule has 31 heavy (non-hydrogen) atoms. The number of piperidine rings is 1. The van der Waals surface area contributed by atoms with Crippen LogP contribution in [0.1, 0.15) is 58.1 Å². The Morgan fingerprint density at radius 3 is 2.29 bits per heavy atom. The molecule has 2 aromatic rings. The van der Waals surface area contributed by atoms with Gasteiger partial charge in [0.05, 0.1) is 11.4 Å². The highest BCUT2D eigenvalue weighted by Gasteiger charge is 2.39. The van der Waals surface area contributed by atoms with E-state index in [1.165, 1.54) is 0 Å². The van der Waals surface area contributed by atoms with E-state index >= 15 is 0 Å². The topological polar surface area (TPSA) is 93.9 Å². The summed E-state index contributed by atoms with van der Waals surface area (Å²) in [5.74, 6) is 0.946. The molecule has 1 aromatic heterocycles. The first-order valence-corrected chi connectivity index (χ1v) is 10.5. The van der Waals surface area contributed by atoms with Crippen LogP contribution in [0, 0.1) is 0 Å². The van der Waals surface area contributed by atoms with Crippen LogP contribution in [-0.4, -0.2) is 50.4 Å². The van der Waals surface area contributed by atoms with Crippen molar-refractivity contribution in [1.82, 2.24) is 15.5 Å². The molecule has 8 heteroatoms. The minimum absolute atomic E-state index is 0. The van der Waals surface area contributed by atoms with Crippen molar-refractivity contribution >= 4 is 23.9 Å². The predicted octanol–water partition coefficient (Wildman–Crippen LogP) is 4.14. The third-order valence-corrected chi connectivity index (χ3v) is 6.29. The Bertz CT molecular complexity index is 972. The largest absolute Gasteiger partial charge is 0.507 e. The molecule has 0 amide bonds. The summed E-state index contributed by atoms with van der Waals surface area (Å²) >= 11 is 0. The molecule has 2 heterocycles. The van der Waals surface area contributed by atoms with Gasteiger partial charge in [-0.05, 0) is 83.2 Å². The van der Waals surface area contributed by atoms with Crippen molar-refractivity contribution in [2.45, 2.75) is 70.5 Å². The fourth-order valence-corrected chi connectivity index (χ4v) is 5.19. The number of aromatic nitrogens is 2. The van der Waals surface area contributed by atoms with E-state index in [4.69, 9.17) is 5.21 Å². The lowest BCUT2D eigenvalue weighted by molar-refractivity contribution is 0.160. The predicted molar refractivity (Wildman–Crippen MR) is 126 cm³/mol. The first-order chi connectivity index (χ1) is 14.1. The number of rotatable bonds is 3. The molecule has 4 rings (SSSR count). The molecule has 0 spiro atoms. The maximum Gasteiger partial charge on any atom is 0.151 e. The number of aromatic hydroxyl groups is 1. The zero-order chi connectivity index (χ0) is 21.7. The van der Waals surface area contributed by atoms with E-state index in [0.29, 0.717) is 29.4 Å². The van der Waals surface area contributed by atoms with E-state index < -0.39 is 0 Å². The number of oxime groups is 1. The Labute approximate surface area is 190 Å². The van der Waals surface area contributed by atoms with Gasteiger partial charge in [0.15, 0.2) is 5.82 Å². The number of nitrogens with zero attached hydrogens (tertiary/aromatic N) is 4. The van der Waals surface area contributed by atoms with Gasteiger partial charge in [-0.3, -0.25) is 0 Å². The Balaban J connectivity index is 0.00000272. The van der Waals surface area contributed by atoms with Crippen molar-refractivity contribution in [3.8, 4) is 17.0 Å². The molecule has 1 aliphatic carbocycles. The van der Waals surface area contributed by atoms with E-state index in [9.17, 15) is 5.11 Å². The number of nitrogens with one attached hydrogen (secondary N) is 1. The molecule has 7 nitrogen and oxygen atoms in total. The van der Waals surface area contributed by atoms with Crippen LogP contribution in [-0.2, 0) is 6.42 Å². The van der Waals surface area contributed by atoms with Crippen LogP contribution >= 0.6 is 12.4 Å². The fraction of sp³-hybridized carbons (Fsp3) is 0.522. The number of anilines is 1. The van der Waals surface area contributed by atoms with Gasteiger partial charge in [0.2, 0.25) is 0 Å². The SMILES string of the molecule is CN(c1ccc(-c2cc3c(cc2O)/C(=N/O)CC3)nn1)C1CC(C)(C)NC(C)(C)C1.Cl. The number of fused-ring (bicyclic) bond motifs is 1. The molecule has 0 radical (unpaired) electrons. The average molecular weight is 446 g/mol. The highest BCUT2D eigenvalue weighted by molar-refractivity contribution is 6.05. The van der Waals surface area contributed by atoms with Gasteiger partial charge in [-0.15, -0.1) is 22.6 Å². The van der Waals surface area contributed by atoms with Crippen LogP contribution in [0.15, 0.2) is 29.4 Å². The van der Waals surface area contributed by atoms with E-state index in [-0.39, 0.29) is 29.2 Å². The fourth-order valence-electron chi connectivity index (χ4n) is 5.19. The van der Waals surface area contributed by atoms with Crippen LogP contribution < -0.4 is 10.2 Å². The van der Waals surface area contributed by atoms with E-state index in [1.54, 1.807) is 6.07 Å². The quantitative estimate of drug-likeness (QED) is 0.485. The molecule has 0 bridgehead atoms. The summed E-state index contributed by atoms with van der Waals surface area (Å²) in [4.78, 5) is 2.22. The van der Waals surface area contributed by atoms with Gasteiger partial charge >= 0.3 is 0 Å². The van der Waals surface area contributed by atoms with Crippen LogP contribution in [0.4, 0.5) is 5.82 Å². The first kappa shape index (κ1) is 23.3.